The highest BCUT2D eigenvalue weighted by Gasteiger charge is 2.33. The van der Waals surface area contributed by atoms with Crippen molar-refractivity contribution in [3.8, 4) is 0 Å². The first-order chi connectivity index (χ1) is 8.39. The van der Waals surface area contributed by atoms with Crippen molar-refractivity contribution < 1.29 is 18.3 Å². The quantitative estimate of drug-likeness (QED) is 0.829. The number of hydrogen-bond donors (Lipinski definition) is 2. The van der Waals surface area contributed by atoms with E-state index in [0.717, 1.165) is 12.3 Å². The van der Waals surface area contributed by atoms with Crippen LogP contribution in [0.2, 0.25) is 5.15 Å². The van der Waals surface area contributed by atoms with E-state index in [1.165, 1.54) is 12.5 Å². The zero-order valence-corrected chi connectivity index (χ0v) is 9.50. The van der Waals surface area contributed by atoms with Crippen LogP contribution < -0.4 is 0 Å². The topological polar surface area (TPSA) is 61.8 Å². The SMILES string of the molecule is OC(c1c[nH]c(C(F)(F)F)c1)c1cncnc1Cl. The normalized spacial score (nSPS) is 13.6. The van der Waals surface area contributed by atoms with Gasteiger partial charge >= 0.3 is 6.18 Å². The van der Waals surface area contributed by atoms with E-state index in [9.17, 15) is 18.3 Å². The standard InChI is InChI=1S/C10H7ClF3N3O/c11-9-6(3-15-4-17-9)8(18)5-1-7(16-2-5)10(12,13)14/h1-4,8,16,18H. The molecule has 0 saturated carbocycles. The third-order valence-corrected chi connectivity index (χ3v) is 2.63. The van der Waals surface area contributed by atoms with E-state index in [1.807, 2.05) is 4.98 Å². The number of nitrogens with one attached hydrogen (secondary N) is 1. The van der Waals surface area contributed by atoms with E-state index < -0.39 is 18.0 Å². The summed E-state index contributed by atoms with van der Waals surface area (Å²) in [5, 5.41) is 9.89. The van der Waals surface area contributed by atoms with Crippen molar-refractivity contribution in [1.29, 1.82) is 0 Å². The summed E-state index contributed by atoms with van der Waals surface area (Å²) >= 11 is 5.72. The number of aliphatic hydroxyl groups excluding tert-OH is 1. The Morgan fingerprint density at radius 2 is 2.11 bits per heavy atom. The molecule has 1 unspecified atom stereocenters. The summed E-state index contributed by atoms with van der Waals surface area (Å²) in [4.78, 5) is 9.35. The molecule has 0 aliphatic carbocycles. The first kappa shape index (κ1) is 12.8. The summed E-state index contributed by atoms with van der Waals surface area (Å²) in [6, 6.07) is 0.813. The molecule has 2 heterocycles. The van der Waals surface area contributed by atoms with E-state index >= 15 is 0 Å². The molecule has 0 saturated heterocycles. The van der Waals surface area contributed by atoms with Gasteiger partial charge in [0, 0.05) is 23.5 Å². The lowest BCUT2D eigenvalue weighted by molar-refractivity contribution is -0.140. The van der Waals surface area contributed by atoms with Crippen molar-refractivity contribution in [2.75, 3.05) is 0 Å². The first-order valence-electron chi connectivity index (χ1n) is 4.78. The van der Waals surface area contributed by atoms with Crippen LogP contribution in [0, 0.1) is 0 Å². The molecule has 0 aliphatic rings. The fraction of sp³-hybridized carbons (Fsp3) is 0.200. The monoisotopic (exact) mass is 277 g/mol. The minimum Gasteiger partial charge on any atom is -0.383 e. The Morgan fingerprint density at radius 3 is 2.67 bits per heavy atom. The highest BCUT2D eigenvalue weighted by molar-refractivity contribution is 6.30. The molecular weight excluding hydrogens is 271 g/mol. The van der Waals surface area contributed by atoms with Crippen molar-refractivity contribution in [2.45, 2.75) is 12.3 Å². The second kappa shape index (κ2) is 4.58. The van der Waals surface area contributed by atoms with Crippen molar-refractivity contribution in [2.24, 2.45) is 0 Å². The summed E-state index contributed by atoms with van der Waals surface area (Å²) in [5.74, 6) is 0. The van der Waals surface area contributed by atoms with Gasteiger partial charge in [-0.15, -0.1) is 0 Å². The molecule has 2 rings (SSSR count). The average Bonchev–Trinajstić information content (AvgIpc) is 2.77. The number of aliphatic hydroxyl groups is 1. The molecule has 1 atom stereocenters. The Labute approximate surface area is 104 Å². The molecule has 2 aromatic heterocycles. The highest BCUT2D eigenvalue weighted by Crippen LogP contribution is 2.32. The number of H-pyrrole nitrogens is 1. The third-order valence-electron chi connectivity index (χ3n) is 2.31. The van der Waals surface area contributed by atoms with E-state index in [4.69, 9.17) is 11.6 Å². The minimum atomic E-state index is -4.49. The first-order valence-corrected chi connectivity index (χ1v) is 5.16. The third kappa shape index (κ3) is 2.46. The lowest BCUT2D eigenvalue weighted by Gasteiger charge is -2.09. The second-order valence-corrected chi connectivity index (χ2v) is 3.87. The van der Waals surface area contributed by atoms with Gasteiger partial charge in [0.2, 0.25) is 0 Å². The molecule has 2 N–H and O–H groups in total. The van der Waals surface area contributed by atoms with Crippen LogP contribution in [0.5, 0.6) is 0 Å². The number of hydrogen-bond acceptors (Lipinski definition) is 3. The van der Waals surface area contributed by atoms with Gasteiger partial charge in [0.05, 0.1) is 0 Å². The number of rotatable bonds is 2. The van der Waals surface area contributed by atoms with Gasteiger partial charge < -0.3 is 10.1 Å². The largest absolute Gasteiger partial charge is 0.431 e. The summed E-state index contributed by atoms with van der Waals surface area (Å²) in [6.07, 6.45) is -2.31. The van der Waals surface area contributed by atoms with Crippen molar-refractivity contribution >= 4 is 11.6 Å². The lowest BCUT2D eigenvalue weighted by Crippen LogP contribution is -2.05. The molecule has 96 valence electrons. The van der Waals surface area contributed by atoms with Crippen molar-refractivity contribution in [3.63, 3.8) is 0 Å². The maximum atomic E-state index is 12.4. The molecule has 0 amide bonds. The highest BCUT2D eigenvalue weighted by atomic mass is 35.5. The maximum Gasteiger partial charge on any atom is 0.431 e. The fourth-order valence-corrected chi connectivity index (χ4v) is 1.62. The molecular formula is C10H7ClF3N3O. The van der Waals surface area contributed by atoms with E-state index in [1.54, 1.807) is 0 Å². The minimum absolute atomic E-state index is 0.00717. The Bertz CT molecular complexity index is 555. The molecule has 0 aromatic carbocycles. The van der Waals surface area contributed by atoms with E-state index in [0.29, 0.717) is 0 Å². The van der Waals surface area contributed by atoms with Gasteiger partial charge in [0.25, 0.3) is 0 Å². The average molecular weight is 278 g/mol. The summed E-state index contributed by atoms with van der Waals surface area (Å²) in [6.45, 7) is 0. The smallest absolute Gasteiger partial charge is 0.383 e. The molecule has 4 nitrogen and oxygen atoms in total. The fourth-order valence-electron chi connectivity index (χ4n) is 1.42. The number of alkyl halides is 3. The molecule has 0 spiro atoms. The van der Waals surface area contributed by atoms with Gasteiger partial charge in [-0.2, -0.15) is 13.2 Å². The lowest BCUT2D eigenvalue weighted by atomic mass is 10.1. The molecule has 0 aliphatic heterocycles. The molecule has 8 heteroatoms. The Morgan fingerprint density at radius 1 is 1.39 bits per heavy atom. The van der Waals surface area contributed by atoms with Gasteiger partial charge in [-0.05, 0) is 6.07 Å². The van der Waals surface area contributed by atoms with Crippen LogP contribution in [0.3, 0.4) is 0 Å². The predicted octanol–water partition coefficient (Wildman–Crippen LogP) is 2.56. The Kier molecular flexibility index (Phi) is 3.27. The van der Waals surface area contributed by atoms with Gasteiger partial charge in [0.1, 0.15) is 23.3 Å². The van der Waals surface area contributed by atoms with Crippen LogP contribution >= 0.6 is 11.6 Å². The number of halogens is 4. The summed E-state index contributed by atoms with van der Waals surface area (Å²) < 4.78 is 37.1. The zero-order chi connectivity index (χ0) is 13.3. The number of aromatic nitrogens is 3. The van der Waals surface area contributed by atoms with Gasteiger partial charge in [-0.1, -0.05) is 11.6 Å². The zero-order valence-electron chi connectivity index (χ0n) is 8.74. The molecule has 0 fully saturated rings. The van der Waals surface area contributed by atoms with Gasteiger partial charge in [-0.25, -0.2) is 9.97 Å². The number of nitrogens with zero attached hydrogens (tertiary/aromatic N) is 2. The Hall–Kier alpha value is -1.60. The van der Waals surface area contributed by atoms with Crippen LogP contribution in [-0.4, -0.2) is 20.1 Å². The summed E-state index contributed by atoms with van der Waals surface area (Å²) in [5.41, 5.74) is -0.754. The van der Waals surface area contributed by atoms with E-state index in [-0.39, 0.29) is 16.3 Å². The maximum absolute atomic E-state index is 12.4. The predicted molar refractivity (Wildman–Crippen MR) is 56.9 cm³/mol. The summed E-state index contributed by atoms with van der Waals surface area (Å²) in [7, 11) is 0. The van der Waals surface area contributed by atoms with Crippen LogP contribution in [0.1, 0.15) is 22.9 Å². The molecule has 0 radical (unpaired) electrons. The molecule has 0 bridgehead atoms. The van der Waals surface area contributed by atoms with Crippen LogP contribution in [-0.2, 0) is 6.18 Å². The Balaban J connectivity index is 2.33. The van der Waals surface area contributed by atoms with Crippen LogP contribution in [0.4, 0.5) is 13.2 Å². The van der Waals surface area contributed by atoms with E-state index in [2.05, 4.69) is 9.97 Å². The second-order valence-electron chi connectivity index (χ2n) is 3.52. The van der Waals surface area contributed by atoms with Gasteiger partial charge in [0.15, 0.2) is 0 Å². The van der Waals surface area contributed by atoms with Gasteiger partial charge in [-0.3, -0.25) is 0 Å². The number of aromatic amines is 1. The van der Waals surface area contributed by atoms with Crippen LogP contribution in [0.25, 0.3) is 0 Å². The molecule has 2 aromatic rings. The molecule has 18 heavy (non-hydrogen) atoms. The van der Waals surface area contributed by atoms with Crippen molar-refractivity contribution in [3.05, 3.63) is 46.8 Å². The van der Waals surface area contributed by atoms with Crippen molar-refractivity contribution in [1.82, 2.24) is 15.0 Å². The van der Waals surface area contributed by atoms with Crippen LogP contribution in [0.15, 0.2) is 24.8 Å².